The third-order valence-corrected chi connectivity index (χ3v) is 8.91. The van der Waals surface area contributed by atoms with Crippen molar-refractivity contribution in [3.05, 3.63) is 99.5 Å². The zero-order valence-corrected chi connectivity index (χ0v) is 22.9. The SMILES string of the molecule is CS(=O)(=O)N(Cc1c(Cl)cccc1Cl)c1ccc(C(=O)Nc2nnc(SCc3ccccc3)s2)cc1. The van der Waals surface area contributed by atoms with Gasteiger partial charge in [-0.25, -0.2) is 8.42 Å². The van der Waals surface area contributed by atoms with E-state index in [9.17, 15) is 13.2 Å². The second-order valence-corrected chi connectivity index (χ2v) is 12.5. The molecule has 7 nitrogen and oxygen atoms in total. The van der Waals surface area contributed by atoms with Crippen LogP contribution < -0.4 is 9.62 Å². The van der Waals surface area contributed by atoms with Gasteiger partial charge in [0.25, 0.3) is 5.91 Å². The highest BCUT2D eigenvalue weighted by Gasteiger charge is 2.21. The smallest absolute Gasteiger partial charge is 0.257 e. The van der Waals surface area contributed by atoms with E-state index in [4.69, 9.17) is 23.2 Å². The number of rotatable bonds is 9. The fourth-order valence-corrected chi connectivity index (χ4v) is 6.30. The first-order valence-electron chi connectivity index (χ1n) is 10.5. The second-order valence-electron chi connectivity index (χ2n) is 7.62. The minimum absolute atomic E-state index is 0.0446. The molecule has 0 aliphatic rings. The molecule has 0 fully saturated rings. The molecule has 1 heterocycles. The predicted molar refractivity (Wildman–Crippen MR) is 148 cm³/mol. The highest BCUT2D eigenvalue weighted by molar-refractivity contribution is 8.00. The third-order valence-electron chi connectivity index (χ3n) is 5.01. The van der Waals surface area contributed by atoms with E-state index in [0.29, 0.717) is 32.0 Å². The Labute approximate surface area is 227 Å². The van der Waals surface area contributed by atoms with Gasteiger partial charge >= 0.3 is 0 Å². The Bertz CT molecular complexity index is 1440. The van der Waals surface area contributed by atoms with Gasteiger partial charge in [-0.05, 0) is 42.0 Å². The van der Waals surface area contributed by atoms with Crippen LogP contribution in [0.1, 0.15) is 21.5 Å². The van der Waals surface area contributed by atoms with Crippen LogP contribution in [0.4, 0.5) is 10.8 Å². The second kappa shape index (κ2) is 11.6. The van der Waals surface area contributed by atoms with Crippen LogP contribution in [0, 0.1) is 0 Å². The largest absolute Gasteiger partial charge is 0.296 e. The molecule has 0 bridgehead atoms. The van der Waals surface area contributed by atoms with Gasteiger partial charge in [0.1, 0.15) is 0 Å². The molecule has 1 N–H and O–H groups in total. The monoisotopic (exact) mass is 578 g/mol. The lowest BCUT2D eigenvalue weighted by atomic mass is 10.1. The Morgan fingerprint density at radius 2 is 1.64 bits per heavy atom. The van der Waals surface area contributed by atoms with Crippen molar-refractivity contribution in [2.24, 2.45) is 0 Å². The van der Waals surface area contributed by atoms with E-state index in [1.165, 1.54) is 33.0 Å². The number of carbonyl (C=O) groups excluding carboxylic acids is 1. The first-order chi connectivity index (χ1) is 17.2. The summed E-state index contributed by atoms with van der Waals surface area (Å²) in [7, 11) is -3.66. The van der Waals surface area contributed by atoms with Crippen molar-refractivity contribution in [3.63, 3.8) is 0 Å². The van der Waals surface area contributed by atoms with Crippen LogP contribution in [-0.4, -0.2) is 30.8 Å². The molecule has 4 aromatic rings. The number of anilines is 2. The molecule has 3 aromatic carbocycles. The maximum Gasteiger partial charge on any atom is 0.257 e. The number of nitrogens with one attached hydrogen (secondary N) is 1. The first-order valence-corrected chi connectivity index (χ1v) is 14.9. The zero-order valence-electron chi connectivity index (χ0n) is 18.9. The molecular weight excluding hydrogens is 559 g/mol. The van der Waals surface area contributed by atoms with Gasteiger partial charge in [0, 0.05) is 26.9 Å². The van der Waals surface area contributed by atoms with Crippen molar-refractivity contribution < 1.29 is 13.2 Å². The number of hydrogen-bond donors (Lipinski definition) is 1. The summed E-state index contributed by atoms with van der Waals surface area (Å²) in [5, 5.41) is 12.0. The Hall–Kier alpha value is -2.63. The van der Waals surface area contributed by atoms with Gasteiger partial charge in [-0.2, -0.15) is 0 Å². The van der Waals surface area contributed by atoms with E-state index in [-0.39, 0.29) is 12.5 Å². The number of halogens is 2. The van der Waals surface area contributed by atoms with Crippen LogP contribution in [-0.2, 0) is 22.3 Å². The summed E-state index contributed by atoms with van der Waals surface area (Å²) in [5.41, 5.74) is 2.38. The summed E-state index contributed by atoms with van der Waals surface area (Å²) in [6.07, 6.45) is 1.10. The van der Waals surface area contributed by atoms with E-state index in [1.54, 1.807) is 42.5 Å². The fourth-order valence-electron chi connectivity index (χ4n) is 3.21. The van der Waals surface area contributed by atoms with Gasteiger partial charge < -0.3 is 0 Å². The lowest BCUT2D eigenvalue weighted by molar-refractivity contribution is 0.102. The molecule has 0 atom stereocenters. The van der Waals surface area contributed by atoms with Crippen molar-refractivity contribution >= 4 is 73.0 Å². The van der Waals surface area contributed by atoms with Crippen LogP contribution in [0.5, 0.6) is 0 Å². The summed E-state index contributed by atoms with van der Waals surface area (Å²) >= 11 is 15.3. The first kappa shape index (κ1) is 26.4. The molecule has 4 rings (SSSR count). The Morgan fingerprint density at radius 3 is 2.28 bits per heavy atom. The third kappa shape index (κ3) is 6.77. The molecule has 0 spiro atoms. The Kier molecular flexibility index (Phi) is 8.53. The average molecular weight is 580 g/mol. The lowest BCUT2D eigenvalue weighted by Gasteiger charge is -2.23. The molecule has 0 saturated carbocycles. The molecular formula is C24H20Cl2N4O3S3. The summed E-state index contributed by atoms with van der Waals surface area (Å²) < 4.78 is 26.9. The molecule has 0 aliphatic carbocycles. The number of amides is 1. The van der Waals surface area contributed by atoms with Crippen molar-refractivity contribution in [3.8, 4) is 0 Å². The minimum Gasteiger partial charge on any atom is -0.296 e. The van der Waals surface area contributed by atoms with Gasteiger partial charge in [0.05, 0.1) is 18.5 Å². The standard InChI is InChI=1S/C24H20Cl2N4O3S3/c1-36(32,33)30(14-19-20(25)8-5-9-21(19)26)18-12-10-17(11-13-18)22(31)27-23-28-29-24(35-23)34-15-16-6-3-2-4-7-16/h2-13H,14-15H2,1H3,(H,27,28,31). The number of benzene rings is 3. The number of thioether (sulfide) groups is 1. The fraction of sp³-hybridized carbons (Fsp3) is 0.125. The van der Waals surface area contributed by atoms with E-state index in [2.05, 4.69) is 15.5 Å². The van der Waals surface area contributed by atoms with Gasteiger partial charge in [-0.3, -0.25) is 14.4 Å². The number of carbonyl (C=O) groups is 1. The lowest BCUT2D eigenvalue weighted by Crippen LogP contribution is -2.29. The minimum atomic E-state index is -3.66. The maximum atomic E-state index is 12.7. The van der Waals surface area contributed by atoms with Gasteiger partial charge in [-0.1, -0.05) is 82.7 Å². The van der Waals surface area contributed by atoms with E-state index >= 15 is 0 Å². The average Bonchev–Trinajstić information content (AvgIpc) is 3.30. The predicted octanol–water partition coefficient (Wildman–Crippen LogP) is 6.36. The molecule has 36 heavy (non-hydrogen) atoms. The van der Waals surface area contributed by atoms with Crippen molar-refractivity contribution in [2.45, 2.75) is 16.6 Å². The molecule has 0 radical (unpaired) electrons. The zero-order chi connectivity index (χ0) is 25.7. The van der Waals surface area contributed by atoms with E-state index in [0.717, 1.165) is 16.3 Å². The van der Waals surface area contributed by atoms with E-state index in [1.807, 2.05) is 30.3 Å². The highest BCUT2D eigenvalue weighted by Crippen LogP contribution is 2.30. The summed E-state index contributed by atoms with van der Waals surface area (Å²) in [6.45, 7) is -0.0446. The van der Waals surface area contributed by atoms with Crippen LogP contribution in [0.15, 0.2) is 77.1 Å². The summed E-state index contributed by atoms with van der Waals surface area (Å²) in [6, 6.07) is 21.2. The molecule has 12 heteroatoms. The molecule has 186 valence electrons. The van der Waals surface area contributed by atoms with Crippen LogP contribution >= 0.6 is 46.3 Å². The van der Waals surface area contributed by atoms with Crippen molar-refractivity contribution in [2.75, 3.05) is 15.9 Å². The number of hydrogen-bond acceptors (Lipinski definition) is 7. The Morgan fingerprint density at radius 1 is 0.972 bits per heavy atom. The normalized spacial score (nSPS) is 11.3. The topological polar surface area (TPSA) is 92.3 Å². The molecule has 0 aliphatic heterocycles. The van der Waals surface area contributed by atoms with E-state index < -0.39 is 10.0 Å². The summed E-state index contributed by atoms with van der Waals surface area (Å²) in [5.74, 6) is 0.374. The van der Waals surface area contributed by atoms with Crippen LogP contribution in [0.25, 0.3) is 0 Å². The highest BCUT2D eigenvalue weighted by atomic mass is 35.5. The molecule has 0 unspecified atom stereocenters. The number of nitrogens with zero attached hydrogens (tertiary/aromatic N) is 3. The van der Waals surface area contributed by atoms with Crippen LogP contribution in [0.3, 0.4) is 0 Å². The number of sulfonamides is 1. The van der Waals surface area contributed by atoms with Gasteiger partial charge in [0.2, 0.25) is 15.2 Å². The van der Waals surface area contributed by atoms with Crippen molar-refractivity contribution in [1.82, 2.24) is 10.2 Å². The van der Waals surface area contributed by atoms with Crippen molar-refractivity contribution in [1.29, 1.82) is 0 Å². The molecule has 1 amide bonds. The molecule has 1 aromatic heterocycles. The Balaban J connectivity index is 1.43. The van der Waals surface area contributed by atoms with Gasteiger partial charge in [0.15, 0.2) is 4.34 Å². The maximum absolute atomic E-state index is 12.7. The summed E-state index contributed by atoms with van der Waals surface area (Å²) in [4.78, 5) is 12.7. The number of aromatic nitrogens is 2. The van der Waals surface area contributed by atoms with Crippen LogP contribution in [0.2, 0.25) is 10.0 Å². The quantitative estimate of drug-likeness (QED) is 0.183. The molecule has 0 saturated heterocycles. The van der Waals surface area contributed by atoms with Gasteiger partial charge in [-0.15, -0.1) is 10.2 Å².